The Hall–Kier alpha value is -3.52. The molecule has 1 N–H and O–H groups in total. The summed E-state index contributed by atoms with van der Waals surface area (Å²) < 4.78 is 21.4. The Morgan fingerprint density at radius 3 is 2.10 bits per heavy atom. The molecule has 164 valence electrons. The Kier molecular flexibility index (Phi) is 6.81. The molecular formula is C23H25NO7. The summed E-state index contributed by atoms with van der Waals surface area (Å²) in [6.07, 6.45) is 0. The molecule has 0 bridgehead atoms. The second-order valence-corrected chi connectivity index (χ2v) is 6.81. The highest BCUT2D eigenvalue weighted by molar-refractivity contribution is 6.46. The summed E-state index contributed by atoms with van der Waals surface area (Å²) in [5.41, 5.74) is 0.952. The SMILES string of the molecule is COCCN1C(=O)C(=O)/C(=C(/O)c2ccccc2)[C@H]1c1cc(OC)c(OC)c(OC)c1. The highest BCUT2D eigenvalue weighted by Gasteiger charge is 2.46. The molecule has 1 atom stereocenters. The van der Waals surface area contributed by atoms with Crippen molar-refractivity contribution < 1.29 is 33.6 Å². The Balaban J connectivity index is 2.25. The summed E-state index contributed by atoms with van der Waals surface area (Å²) in [5, 5.41) is 11.0. The van der Waals surface area contributed by atoms with Gasteiger partial charge in [0, 0.05) is 19.2 Å². The highest BCUT2D eigenvalue weighted by Crippen LogP contribution is 2.45. The van der Waals surface area contributed by atoms with Crippen molar-refractivity contribution >= 4 is 17.4 Å². The molecule has 1 aliphatic heterocycles. The lowest BCUT2D eigenvalue weighted by atomic mass is 9.94. The number of rotatable bonds is 8. The first-order chi connectivity index (χ1) is 15.0. The standard InChI is InChI=1S/C23H25NO7/c1-28-11-10-24-19(15-12-16(29-2)22(31-4)17(13-15)30-3)18(21(26)23(24)27)20(25)14-8-6-5-7-9-14/h5-9,12-13,19,25H,10-11H2,1-4H3/b20-18+/t19-/m1/s1. The van der Waals surface area contributed by atoms with Crippen molar-refractivity contribution in [3.63, 3.8) is 0 Å². The van der Waals surface area contributed by atoms with Gasteiger partial charge in [-0.3, -0.25) is 9.59 Å². The van der Waals surface area contributed by atoms with Crippen LogP contribution in [0.15, 0.2) is 48.0 Å². The van der Waals surface area contributed by atoms with Crippen molar-refractivity contribution in [3.05, 3.63) is 59.2 Å². The van der Waals surface area contributed by atoms with Gasteiger partial charge in [-0.2, -0.15) is 0 Å². The molecule has 31 heavy (non-hydrogen) atoms. The topological polar surface area (TPSA) is 94.5 Å². The number of Topliss-reactive ketones (excluding diaryl/α,β-unsaturated/α-hetero) is 1. The number of aliphatic hydroxyl groups is 1. The van der Waals surface area contributed by atoms with Crippen molar-refractivity contribution in [2.45, 2.75) is 6.04 Å². The van der Waals surface area contributed by atoms with Crippen molar-refractivity contribution in [2.75, 3.05) is 41.6 Å². The molecule has 8 heteroatoms. The lowest BCUT2D eigenvalue weighted by Crippen LogP contribution is -2.32. The number of nitrogens with zero attached hydrogens (tertiary/aromatic N) is 1. The van der Waals surface area contributed by atoms with E-state index in [2.05, 4.69) is 0 Å². The number of amides is 1. The molecule has 0 unspecified atom stereocenters. The summed E-state index contributed by atoms with van der Waals surface area (Å²) >= 11 is 0. The summed E-state index contributed by atoms with van der Waals surface area (Å²) in [6.45, 7) is 0.382. The van der Waals surface area contributed by atoms with Gasteiger partial charge in [0.15, 0.2) is 11.5 Å². The monoisotopic (exact) mass is 427 g/mol. The van der Waals surface area contributed by atoms with Crippen LogP contribution in [-0.2, 0) is 14.3 Å². The number of ketones is 1. The predicted octanol–water partition coefficient (Wildman–Crippen LogP) is 2.78. The van der Waals surface area contributed by atoms with Crippen LogP contribution in [0, 0.1) is 0 Å². The fraction of sp³-hybridized carbons (Fsp3) is 0.304. The van der Waals surface area contributed by atoms with Gasteiger partial charge in [0.2, 0.25) is 5.75 Å². The minimum absolute atomic E-state index is 0.0124. The summed E-state index contributed by atoms with van der Waals surface area (Å²) in [4.78, 5) is 27.2. The second-order valence-electron chi connectivity index (χ2n) is 6.81. The maximum atomic E-state index is 13.0. The average molecular weight is 427 g/mol. The van der Waals surface area contributed by atoms with E-state index in [1.807, 2.05) is 0 Å². The van der Waals surface area contributed by atoms with E-state index < -0.39 is 17.7 Å². The van der Waals surface area contributed by atoms with Crippen LogP contribution in [0.4, 0.5) is 0 Å². The number of methoxy groups -OCH3 is 4. The average Bonchev–Trinajstić information content (AvgIpc) is 3.06. The summed E-state index contributed by atoms with van der Waals surface area (Å²) in [7, 11) is 5.95. The van der Waals surface area contributed by atoms with Crippen molar-refractivity contribution in [1.82, 2.24) is 4.90 Å². The number of carbonyl (C=O) groups excluding carboxylic acids is 2. The van der Waals surface area contributed by atoms with Gasteiger partial charge < -0.3 is 29.0 Å². The Bertz CT molecular complexity index is 975. The van der Waals surface area contributed by atoms with E-state index >= 15 is 0 Å². The minimum Gasteiger partial charge on any atom is -0.507 e. The first-order valence-corrected chi connectivity index (χ1v) is 9.61. The minimum atomic E-state index is -0.857. The van der Waals surface area contributed by atoms with E-state index in [0.29, 0.717) is 28.4 Å². The molecule has 0 aliphatic carbocycles. The van der Waals surface area contributed by atoms with Crippen LogP contribution in [0.5, 0.6) is 17.2 Å². The molecule has 1 fully saturated rings. The van der Waals surface area contributed by atoms with Gasteiger partial charge in [0.1, 0.15) is 5.76 Å². The van der Waals surface area contributed by atoms with Gasteiger partial charge in [-0.15, -0.1) is 0 Å². The maximum absolute atomic E-state index is 13.0. The number of aliphatic hydroxyl groups excluding tert-OH is 1. The van der Waals surface area contributed by atoms with Crippen LogP contribution in [0.2, 0.25) is 0 Å². The molecular weight excluding hydrogens is 402 g/mol. The van der Waals surface area contributed by atoms with Gasteiger partial charge in [0.25, 0.3) is 11.7 Å². The molecule has 1 aliphatic rings. The van der Waals surface area contributed by atoms with E-state index in [9.17, 15) is 14.7 Å². The van der Waals surface area contributed by atoms with E-state index in [4.69, 9.17) is 18.9 Å². The number of ether oxygens (including phenoxy) is 4. The van der Waals surface area contributed by atoms with Gasteiger partial charge in [-0.25, -0.2) is 0 Å². The van der Waals surface area contributed by atoms with Crippen LogP contribution in [-0.4, -0.2) is 63.3 Å². The smallest absolute Gasteiger partial charge is 0.295 e. The van der Waals surface area contributed by atoms with Crippen LogP contribution in [0.1, 0.15) is 17.2 Å². The van der Waals surface area contributed by atoms with Gasteiger partial charge >= 0.3 is 0 Å². The van der Waals surface area contributed by atoms with Gasteiger partial charge in [-0.05, 0) is 17.7 Å². The fourth-order valence-corrected chi connectivity index (χ4v) is 3.66. The third kappa shape index (κ3) is 4.06. The molecule has 0 saturated carbocycles. The number of hydrogen-bond donors (Lipinski definition) is 1. The van der Waals surface area contributed by atoms with Crippen LogP contribution < -0.4 is 14.2 Å². The van der Waals surface area contributed by atoms with Crippen molar-refractivity contribution in [1.29, 1.82) is 0 Å². The van der Waals surface area contributed by atoms with E-state index in [1.165, 1.54) is 33.3 Å². The molecule has 1 heterocycles. The molecule has 1 amide bonds. The predicted molar refractivity (Wildman–Crippen MR) is 113 cm³/mol. The van der Waals surface area contributed by atoms with Crippen molar-refractivity contribution in [2.24, 2.45) is 0 Å². The van der Waals surface area contributed by atoms with Gasteiger partial charge in [0.05, 0.1) is 39.6 Å². The fourth-order valence-electron chi connectivity index (χ4n) is 3.66. The Morgan fingerprint density at radius 1 is 0.968 bits per heavy atom. The molecule has 3 rings (SSSR count). The number of likely N-dealkylation sites (tertiary alicyclic amines) is 1. The van der Waals surface area contributed by atoms with Crippen molar-refractivity contribution in [3.8, 4) is 17.2 Å². The summed E-state index contributed by atoms with van der Waals surface area (Å²) in [6, 6.07) is 11.1. The maximum Gasteiger partial charge on any atom is 0.295 e. The molecule has 0 radical (unpaired) electrons. The summed E-state index contributed by atoms with van der Waals surface area (Å²) in [5.74, 6) is -0.615. The lowest BCUT2D eigenvalue weighted by molar-refractivity contribution is -0.140. The van der Waals surface area contributed by atoms with Crippen LogP contribution in [0.25, 0.3) is 5.76 Å². The van der Waals surface area contributed by atoms with Gasteiger partial charge in [-0.1, -0.05) is 30.3 Å². The molecule has 8 nitrogen and oxygen atoms in total. The lowest BCUT2D eigenvalue weighted by Gasteiger charge is -2.26. The quantitative estimate of drug-likeness (QED) is 0.393. The third-order valence-corrected chi connectivity index (χ3v) is 5.13. The zero-order chi connectivity index (χ0) is 22.5. The van der Waals surface area contributed by atoms with Crippen LogP contribution >= 0.6 is 0 Å². The van der Waals surface area contributed by atoms with E-state index in [0.717, 1.165) is 0 Å². The van der Waals surface area contributed by atoms with Crippen LogP contribution in [0.3, 0.4) is 0 Å². The Morgan fingerprint density at radius 2 is 1.58 bits per heavy atom. The largest absolute Gasteiger partial charge is 0.507 e. The highest BCUT2D eigenvalue weighted by atomic mass is 16.5. The number of hydrogen-bond acceptors (Lipinski definition) is 7. The third-order valence-electron chi connectivity index (χ3n) is 5.13. The molecule has 2 aromatic rings. The molecule has 2 aromatic carbocycles. The normalized spacial score (nSPS) is 17.7. The molecule has 0 spiro atoms. The Labute approximate surface area is 180 Å². The first-order valence-electron chi connectivity index (χ1n) is 9.61. The second kappa shape index (κ2) is 9.53. The molecule has 1 saturated heterocycles. The number of carbonyl (C=O) groups is 2. The zero-order valence-corrected chi connectivity index (χ0v) is 17.9. The zero-order valence-electron chi connectivity index (χ0n) is 17.9. The number of benzene rings is 2. The van der Waals surface area contributed by atoms with E-state index in [1.54, 1.807) is 42.5 Å². The molecule has 0 aromatic heterocycles. The van der Waals surface area contributed by atoms with E-state index in [-0.39, 0.29) is 24.5 Å². The first kappa shape index (κ1) is 22.2.